The summed E-state index contributed by atoms with van der Waals surface area (Å²) in [5, 5.41) is 0.677. The molecule has 0 aromatic heterocycles. The SMILES string of the molecule is CCOC(=O)NS(=O)(=O)NC(C)CCBr. The highest BCUT2D eigenvalue weighted by Gasteiger charge is 2.17. The van der Waals surface area contributed by atoms with Crippen LogP contribution in [0.5, 0.6) is 0 Å². The third-order valence-electron chi connectivity index (χ3n) is 1.39. The molecule has 0 bridgehead atoms. The zero-order chi connectivity index (χ0) is 11.9. The molecule has 0 saturated heterocycles. The lowest BCUT2D eigenvalue weighted by Gasteiger charge is -2.13. The van der Waals surface area contributed by atoms with E-state index >= 15 is 0 Å². The maximum absolute atomic E-state index is 11.3. The Balaban J connectivity index is 4.13. The molecule has 0 spiro atoms. The van der Waals surface area contributed by atoms with Gasteiger partial charge in [0.1, 0.15) is 0 Å². The van der Waals surface area contributed by atoms with Gasteiger partial charge in [-0.1, -0.05) is 15.9 Å². The summed E-state index contributed by atoms with van der Waals surface area (Å²) < 4.78 is 31.0. The predicted molar refractivity (Wildman–Crippen MR) is 60.1 cm³/mol. The van der Waals surface area contributed by atoms with Crippen LogP contribution in [0.25, 0.3) is 0 Å². The van der Waals surface area contributed by atoms with Gasteiger partial charge in [-0.25, -0.2) is 9.52 Å². The molecule has 1 unspecified atom stereocenters. The second-order valence-corrected chi connectivity index (χ2v) is 5.06. The first kappa shape index (κ1) is 14.7. The Morgan fingerprint density at radius 1 is 1.53 bits per heavy atom. The molecule has 0 aromatic rings. The molecule has 15 heavy (non-hydrogen) atoms. The standard InChI is InChI=1S/C7H15BrN2O4S/c1-3-14-7(11)10-15(12,13)9-6(2)4-5-8/h6,9H,3-5H2,1-2H3,(H,10,11). The van der Waals surface area contributed by atoms with Crippen molar-refractivity contribution in [2.24, 2.45) is 0 Å². The first-order valence-corrected chi connectivity index (χ1v) is 7.04. The van der Waals surface area contributed by atoms with E-state index in [2.05, 4.69) is 25.4 Å². The van der Waals surface area contributed by atoms with Gasteiger partial charge in [-0.05, 0) is 20.3 Å². The Labute approximate surface area is 98.1 Å². The second-order valence-electron chi connectivity index (χ2n) is 2.82. The summed E-state index contributed by atoms with van der Waals surface area (Å²) >= 11 is 3.19. The Morgan fingerprint density at radius 2 is 2.13 bits per heavy atom. The summed E-state index contributed by atoms with van der Waals surface area (Å²) in [5.74, 6) is 0. The number of amides is 1. The van der Waals surface area contributed by atoms with Gasteiger partial charge in [-0.15, -0.1) is 0 Å². The molecule has 1 atom stereocenters. The number of nitrogens with one attached hydrogen (secondary N) is 2. The van der Waals surface area contributed by atoms with Crippen LogP contribution in [-0.2, 0) is 14.9 Å². The van der Waals surface area contributed by atoms with E-state index < -0.39 is 16.3 Å². The minimum atomic E-state index is -3.82. The van der Waals surface area contributed by atoms with Gasteiger partial charge in [0, 0.05) is 11.4 Å². The van der Waals surface area contributed by atoms with Gasteiger partial charge in [0.05, 0.1) is 6.61 Å². The Bertz CT molecular complexity index is 293. The molecule has 90 valence electrons. The van der Waals surface area contributed by atoms with Crippen molar-refractivity contribution in [3.8, 4) is 0 Å². The molecule has 0 aliphatic carbocycles. The summed E-state index contributed by atoms with van der Waals surface area (Å²) in [6.07, 6.45) is -0.347. The van der Waals surface area contributed by atoms with Crippen molar-refractivity contribution in [1.29, 1.82) is 0 Å². The molecule has 0 fully saturated rings. The fourth-order valence-electron chi connectivity index (χ4n) is 0.787. The topological polar surface area (TPSA) is 84.5 Å². The van der Waals surface area contributed by atoms with E-state index in [0.29, 0.717) is 11.8 Å². The van der Waals surface area contributed by atoms with Gasteiger partial charge >= 0.3 is 16.3 Å². The number of hydrogen-bond acceptors (Lipinski definition) is 4. The Kier molecular flexibility index (Phi) is 6.86. The third-order valence-corrected chi connectivity index (χ3v) is 3.00. The van der Waals surface area contributed by atoms with Gasteiger partial charge in [0.25, 0.3) is 0 Å². The highest BCUT2D eigenvalue weighted by atomic mass is 79.9. The van der Waals surface area contributed by atoms with Crippen LogP contribution in [0.15, 0.2) is 0 Å². The summed E-state index contributed by atoms with van der Waals surface area (Å²) in [6, 6.07) is -0.253. The van der Waals surface area contributed by atoms with E-state index in [0.717, 1.165) is 0 Å². The van der Waals surface area contributed by atoms with Crippen LogP contribution in [0.2, 0.25) is 0 Å². The van der Waals surface area contributed by atoms with Crippen molar-refractivity contribution >= 4 is 32.2 Å². The molecule has 0 radical (unpaired) electrons. The molecule has 0 aliphatic rings. The molecule has 8 heteroatoms. The first-order chi connectivity index (χ1) is 6.91. The van der Waals surface area contributed by atoms with Gasteiger partial charge in [-0.3, -0.25) is 0 Å². The monoisotopic (exact) mass is 302 g/mol. The molecular weight excluding hydrogens is 288 g/mol. The Hall–Kier alpha value is -0.340. The van der Waals surface area contributed by atoms with Gasteiger partial charge < -0.3 is 4.74 Å². The molecule has 1 amide bonds. The van der Waals surface area contributed by atoms with Crippen LogP contribution in [-0.4, -0.2) is 32.5 Å². The third kappa shape index (κ3) is 7.57. The van der Waals surface area contributed by atoms with Crippen LogP contribution in [0, 0.1) is 0 Å². The van der Waals surface area contributed by atoms with Crippen molar-refractivity contribution in [2.75, 3.05) is 11.9 Å². The van der Waals surface area contributed by atoms with Gasteiger partial charge in [-0.2, -0.15) is 13.1 Å². The average molecular weight is 303 g/mol. The van der Waals surface area contributed by atoms with Crippen molar-refractivity contribution in [3.05, 3.63) is 0 Å². The number of rotatable bonds is 6. The maximum atomic E-state index is 11.3. The quantitative estimate of drug-likeness (QED) is 0.709. The smallest absolute Gasteiger partial charge is 0.421 e. The van der Waals surface area contributed by atoms with Gasteiger partial charge in [0.2, 0.25) is 0 Å². The molecule has 0 heterocycles. The van der Waals surface area contributed by atoms with Crippen LogP contribution in [0.4, 0.5) is 4.79 Å². The van der Waals surface area contributed by atoms with E-state index in [1.807, 2.05) is 0 Å². The number of hydrogen-bond donors (Lipinski definition) is 2. The van der Waals surface area contributed by atoms with Crippen molar-refractivity contribution in [2.45, 2.75) is 26.3 Å². The Morgan fingerprint density at radius 3 is 2.60 bits per heavy atom. The normalized spacial score (nSPS) is 13.3. The zero-order valence-electron chi connectivity index (χ0n) is 8.62. The largest absolute Gasteiger partial charge is 0.449 e. The number of alkyl halides is 1. The van der Waals surface area contributed by atoms with Crippen LogP contribution in [0.1, 0.15) is 20.3 Å². The second kappa shape index (κ2) is 7.02. The van der Waals surface area contributed by atoms with E-state index in [1.165, 1.54) is 0 Å². The number of halogens is 1. The predicted octanol–water partition coefficient (Wildman–Crippen LogP) is 0.740. The highest BCUT2D eigenvalue weighted by molar-refractivity contribution is 9.09. The highest BCUT2D eigenvalue weighted by Crippen LogP contribution is 1.96. The van der Waals surface area contributed by atoms with Crippen molar-refractivity contribution < 1.29 is 17.9 Å². The molecular formula is C7H15BrN2O4S. The number of ether oxygens (including phenoxy) is 1. The van der Waals surface area contributed by atoms with Crippen LogP contribution in [0.3, 0.4) is 0 Å². The minimum absolute atomic E-state index is 0.123. The summed E-state index contributed by atoms with van der Waals surface area (Å²) in [5.41, 5.74) is 0. The van der Waals surface area contributed by atoms with Crippen molar-refractivity contribution in [1.82, 2.24) is 9.44 Å². The molecule has 0 rings (SSSR count). The van der Waals surface area contributed by atoms with E-state index in [1.54, 1.807) is 18.6 Å². The van der Waals surface area contributed by atoms with E-state index in [9.17, 15) is 13.2 Å². The molecule has 0 aliphatic heterocycles. The zero-order valence-corrected chi connectivity index (χ0v) is 11.0. The fourth-order valence-corrected chi connectivity index (χ4v) is 2.46. The average Bonchev–Trinajstić information content (AvgIpc) is 2.01. The van der Waals surface area contributed by atoms with Crippen molar-refractivity contribution in [3.63, 3.8) is 0 Å². The summed E-state index contributed by atoms with van der Waals surface area (Å²) in [4.78, 5) is 10.8. The van der Waals surface area contributed by atoms with Crippen LogP contribution < -0.4 is 9.44 Å². The lowest BCUT2D eigenvalue weighted by molar-refractivity contribution is 0.158. The number of carbonyl (C=O) groups excluding carboxylic acids is 1. The molecule has 2 N–H and O–H groups in total. The molecule has 0 saturated carbocycles. The first-order valence-electron chi connectivity index (χ1n) is 4.44. The summed E-state index contributed by atoms with van der Waals surface area (Å²) in [6.45, 7) is 3.41. The number of carbonyl (C=O) groups is 1. The van der Waals surface area contributed by atoms with Crippen LogP contribution >= 0.6 is 15.9 Å². The molecule has 6 nitrogen and oxygen atoms in total. The lowest BCUT2D eigenvalue weighted by atomic mass is 10.3. The van der Waals surface area contributed by atoms with E-state index in [-0.39, 0.29) is 12.6 Å². The minimum Gasteiger partial charge on any atom is -0.449 e. The summed E-state index contributed by atoms with van der Waals surface area (Å²) in [7, 11) is -3.82. The lowest BCUT2D eigenvalue weighted by Crippen LogP contribution is -2.44. The maximum Gasteiger partial charge on any atom is 0.421 e. The fraction of sp³-hybridized carbons (Fsp3) is 0.857. The molecule has 0 aromatic carbocycles. The van der Waals surface area contributed by atoms with Gasteiger partial charge in [0.15, 0.2) is 0 Å². The van der Waals surface area contributed by atoms with E-state index in [4.69, 9.17) is 0 Å².